The van der Waals surface area contributed by atoms with Crippen LogP contribution in [-0.2, 0) is 16.1 Å². The minimum absolute atomic E-state index is 0.129. The Morgan fingerprint density at radius 2 is 1.57 bits per heavy atom. The highest BCUT2D eigenvalue weighted by Gasteiger charge is 2.37. The van der Waals surface area contributed by atoms with Crippen LogP contribution in [0, 0.1) is 0 Å². The predicted octanol–water partition coefficient (Wildman–Crippen LogP) is 4.38. The third-order valence-electron chi connectivity index (χ3n) is 6.63. The van der Waals surface area contributed by atoms with Crippen LogP contribution in [-0.4, -0.2) is 23.7 Å². The van der Waals surface area contributed by atoms with Crippen LogP contribution in [0.1, 0.15) is 24.1 Å². The molecular weight excluding hydrogens is 464 g/mol. The lowest BCUT2D eigenvalue weighted by molar-refractivity contribution is -0.578. The van der Waals surface area contributed by atoms with E-state index >= 15 is 0 Å². The van der Waals surface area contributed by atoms with E-state index in [1.807, 2.05) is 91.0 Å². The molecule has 0 bridgehead atoms. The minimum atomic E-state index is -0.600. The molecule has 37 heavy (non-hydrogen) atoms. The van der Waals surface area contributed by atoms with Gasteiger partial charge in [0.05, 0.1) is 12.8 Å². The second kappa shape index (κ2) is 10.1. The summed E-state index contributed by atoms with van der Waals surface area (Å²) in [7, 11) is 1.65. The van der Waals surface area contributed by atoms with Crippen molar-refractivity contribution in [2.75, 3.05) is 7.11 Å². The van der Waals surface area contributed by atoms with Crippen LogP contribution >= 0.6 is 0 Å². The fourth-order valence-corrected chi connectivity index (χ4v) is 4.67. The molecule has 0 amide bonds. The number of nitrogens with two attached hydrogens (primary N) is 2. The molecule has 0 aliphatic carbocycles. The molecule has 1 aliphatic heterocycles. The SMILES string of the molecule is COc1ccc(-c2ccc(COC(=O)C3=C(C)NC(N)=[N+](N)C3c3cccc4ccccc34)cc2)cc1. The summed E-state index contributed by atoms with van der Waals surface area (Å²) >= 11 is 0. The Labute approximate surface area is 215 Å². The fourth-order valence-electron chi connectivity index (χ4n) is 4.67. The van der Waals surface area contributed by atoms with Crippen LogP contribution in [0.3, 0.4) is 0 Å². The number of carbonyl (C=O) groups is 1. The number of esters is 1. The van der Waals surface area contributed by atoms with Crippen LogP contribution < -0.4 is 21.6 Å². The molecule has 1 atom stereocenters. The minimum Gasteiger partial charge on any atom is -0.497 e. The van der Waals surface area contributed by atoms with E-state index in [-0.39, 0.29) is 12.6 Å². The highest BCUT2D eigenvalue weighted by Crippen LogP contribution is 2.34. The molecule has 186 valence electrons. The Hall–Kier alpha value is -4.78. The first-order valence-electron chi connectivity index (χ1n) is 12.0. The number of guanidine groups is 1. The molecule has 0 saturated carbocycles. The lowest BCUT2D eigenvalue weighted by Crippen LogP contribution is -2.50. The maximum Gasteiger partial charge on any atom is 0.370 e. The monoisotopic (exact) mass is 493 g/mol. The largest absolute Gasteiger partial charge is 0.497 e. The van der Waals surface area contributed by atoms with E-state index < -0.39 is 12.0 Å². The first-order valence-corrected chi connectivity index (χ1v) is 12.0. The molecule has 7 nitrogen and oxygen atoms in total. The van der Waals surface area contributed by atoms with E-state index in [1.165, 1.54) is 4.68 Å². The number of methoxy groups -OCH3 is 1. The van der Waals surface area contributed by atoms with Gasteiger partial charge in [0, 0.05) is 5.56 Å². The van der Waals surface area contributed by atoms with E-state index in [1.54, 1.807) is 14.0 Å². The summed E-state index contributed by atoms with van der Waals surface area (Å²) in [5.41, 5.74) is 11.1. The van der Waals surface area contributed by atoms with Gasteiger partial charge in [-0.1, -0.05) is 78.9 Å². The molecule has 5 rings (SSSR count). The Morgan fingerprint density at radius 1 is 0.919 bits per heavy atom. The number of hydrogen-bond acceptors (Lipinski definition) is 6. The van der Waals surface area contributed by atoms with E-state index in [0.717, 1.165) is 38.8 Å². The summed E-state index contributed by atoms with van der Waals surface area (Å²) in [6.07, 6.45) is 0. The van der Waals surface area contributed by atoms with Crippen LogP contribution in [0.4, 0.5) is 0 Å². The number of ether oxygens (including phenoxy) is 2. The van der Waals surface area contributed by atoms with Gasteiger partial charge in [0.15, 0.2) is 6.04 Å². The van der Waals surface area contributed by atoms with Gasteiger partial charge in [-0.25, -0.2) is 10.1 Å². The van der Waals surface area contributed by atoms with E-state index in [4.69, 9.17) is 21.1 Å². The van der Waals surface area contributed by atoms with Crippen molar-refractivity contribution in [3.05, 3.63) is 113 Å². The van der Waals surface area contributed by atoms with Crippen LogP contribution in [0.15, 0.2) is 102 Å². The molecule has 1 heterocycles. The number of hydrazone groups is 1. The van der Waals surface area contributed by atoms with Crippen LogP contribution in [0.25, 0.3) is 21.9 Å². The third kappa shape index (κ3) is 4.71. The molecule has 0 fully saturated rings. The van der Waals surface area contributed by atoms with Crippen molar-refractivity contribution < 1.29 is 19.0 Å². The van der Waals surface area contributed by atoms with Crippen molar-refractivity contribution in [2.45, 2.75) is 19.6 Å². The molecule has 7 heteroatoms. The molecule has 0 radical (unpaired) electrons. The van der Waals surface area contributed by atoms with Crippen molar-refractivity contribution in [1.82, 2.24) is 5.32 Å². The summed E-state index contributed by atoms with van der Waals surface area (Å²) in [4.78, 5) is 13.4. The number of fused-ring (bicyclic) bond motifs is 1. The average molecular weight is 494 g/mol. The van der Waals surface area contributed by atoms with Gasteiger partial charge in [-0.2, -0.15) is 4.68 Å². The summed E-state index contributed by atoms with van der Waals surface area (Å²) in [6.45, 7) is 1.93. The quantitative estimate of drug-likeness (QED) is 0.209. The van der Waals surface area contributed by atoms with Gasteiger partial charge in [0.2, 0.25) is 0 Å². The number of benzene rings is 4. The predicted molar refractivity (Wildman–Crippen MR) is 144 cm³/mol. The Balaban J connectivity index is 1.38. The van der Waals surface area contributed by atoms with Gasteiger partial charge in [-0.3, -0.25) is 11.6 Å². The standard InChI is InChI=1S/C30H28N4O3/c1-19-27(28(34(32)30(31)33-19)26-9-5-7-23-6-3-4-8-25(23)26)29(35)37-18-20-10-12-21(13-11-20)22-14-16-24(36-2)17-15-22/h3-17,28H,18,32H2,1-2H3,(H2,31,33,35)/p+1. The average Bonchev–Trinajstić information content (AvgIpc) is 2.93. The second-order valence-corrected chi connectivity index (χ2v) is 8.93. The lowest BCUT2D eigenvalue weighted by atomic mass is 9.92. The topological polar surface area (TPSA) is 103 Å². The zero-order chi connectivity index (χ0) is 25.9. The van der Waals surface area contributed by atoms with E-state index in [9.17, 15) is 4.79 Å². The van der Waals surface area contributed by atoms with Gasteiger partial charge in [0.1, 0.15) is 17.9 Å². The number of nitrogens with zero attached hydrogens (tertiary/aromatic N) is 1. The third-order valence-corrected chi connectivity index (χ3v) is 6.63. The number of allylic oxidation sites excluding steroid dienone is 1. The Kier molecular flexibility index (Phi) is 6.51. The number of hydrogen-bond donors (Lipinski definition) is 3. The summed E-state index contributed by atoms with van der Waals surface area (Å²) < 4.78 is 12.4. The van der Waals surface area contributed by atoms with E-state index in [2.05, 4.69) is 5.32 Å². The zero-order valence-electron chi connectivity index (χ0n) is 20.8. The number of nitrogens with one attached hydrogen (secondary N) is 1. The fraction of sp³-hybridized carbons (Fsp3) is 0.133. The summed E-state index contributed by atoms with van der Waals surface area (Å²) in [6, 6.07) is 29.1. The maximum absolute atomic E-state index is 13.4. The van der Waals surface area contributed by atoms with E-state index in [0.29, 0.717) is 11.3 Å². The van der Waals surface area contributed by atoms with Crippen molar-refractivity contribution >= 4 is 22.7 Å². The molecule has 1 unspecified atom stereocenters. The molecule has 4 aromatic rings. The molecular formula is C30H29N4O3+. The maximum atomic E-state index is 13.4. The van der Waals surface area contributed by atoms with Crippen LogP contribution in [0.2, 0.25) is 0 Å². The van der Waals surface area contributed by atoms with Gasteiger partial charge >= 0.3 is 11.9 Å². The first-order chi connectivity index (χ1) is 18.0. The number of hydrazine groups is 1. The molecule has 0 saturated heterocycles. The molecule has 5 N–H and O–H groups in total. The molecule has 0 aromatic heterocycles. The van der Waals surface area contributed by atoms with Crippen LogP contribution in [0.5, 0.6) is 5.75 Å². The normalized spacial score (nSPS) is 15.5. The molecule has 0 spiro atoms. The van der Waals surface area contributed by atoms with Crippen molar-refractivity contribution in [3.8, 4) is 16.9 Å². The van der Waals surface area contributed by atoms with Gasteiger partial charge in [0.25, 0.3) is 0 Å². The zero-order valence-corrected chi connectivity index (χ0v) is 20.8. The Morgan fingerprint density at radius 3 is 2.27 bits per heavy atom. The molecule has 1 aliphatic rings. The molecule has 4 aromatic carbocycles. The Bertz CT molecular complexity index is 1520. The summed E-state index contributed by atoms with van der Waals surface area (Å²) in [5.74, 6) is 7.02. The number of rotatable bonds is 6. The highest BCUT2D eigenvalue weighted by molar-refractivity contribution is 5.95. The smallest absolute Gasteiger partial charge is 0.370 e. The van der Waals surface area contributed by atoms with Gasteiger partial charge < -0.3 is 9.47 Å². The van der Waals surface area contributed by atoms with Crippen molar-refractivity contribution in [1.29, 1.82) is 0 Å². The van der Waals surface area contributed by atoms with Crippen molar-refractivity contribution in [2.24, 2.45) is 11.6 Å². The second-order valence-electron chi connectivity index (χ2n) is 8.93. The summed E-state index contributed by atoms with van der Waals surface area (Å²) in [5, 5.41) is 5.05. The van der Waals surface area contributed by atoms with Gasteiger partial charge in [-0.15, -0.1) is 0 Å². The van der Waals surface area contributed by atoms with Crippen molar-refractivity contribution in [3.63, 3.8) is 0 Å². The first kappa shape index (κ1) is 23.9. The number of carbonyl (C=O) groups excluding carboxylic acids is 1. The highest BCUT2D eigenvalue weighted by atomic mass is 16.5. The van der Waals surface area contributed by atoms with Gasteiger partial charge in [-0.05, 0) is 46.5 Å². The lowest BCUT2D eigenvalue weighted by Gasteiger charge is -2.26.